The zero-order valence-corrected chi connectivity index (χ0v) is 13.6. The highest BCUT2D eigenvalue weighted by Gasteiger charge is 2.21. The maximum atomic E-state index is 11.9. The van der Waals surface area contributed by atoms with Crippen molar-refractivity contribution in [3.05, 3.63) is 12.0 Å². The Morgan fingerprint density at radius 3 is 2.77 bits per heavy atom. The van der Waals surface area contributed by atoms with Gasteiger partial charge < -0.3 is 10.1 Å². The summed E-state index contributed by atoms with van der Waals surface area (Å²) in [5.74, 6) is 1.11. The number of carbonyl (C=O) groups excluding carboxylic acids is 1. The highest BCUT2D eigenvalue weighted by atomic mass is 16.5. The fraction of sp³-hybridized carbons (Fsp3) is 0.600. The van der Waals surface area contributed by atoms with Gasteiger partial charge in [-0.1, -0.05) is 20.3 Å². The molecule has 2 aromatic rings. The van der Waals surface area contributed by atoms with Gasteiger partial charge in [-0.25, -0.2) is 14.8 Å². The van der Waals surface area contributed by atoms with Crippen LogP contribution in [-0.2, 0) is 23.0 Å². The largest absolute Gasteiger partial charge is 0.467 e. The molecule has 0 spiro atoms. The average Bonchev–Trinajstić information content (AvgIpc) is 2.88. The Kier molecular flexibility index (Phi) is 5.30. The van der Waals surface area contributed by atoms with Gasteiger partial charge in [0, 0.05) is 13.5 Å². The Hall–Kier alpha value is -2.18. The lowest BCUT2D eigenvalue weighted by molar-refractivity contribution is -0.141. The van der Waals surface area contributed by atoms with Crippen LogP contribution in [0.2, 0.25) is 0 Å². The van der Waals surface area contributed by atoms with Crippen molar-refractivity contribution < 1.29 is 9.53 Å². The van der Waals surface area contributed by atoms with E-state index in [0.717, 1.165) is 36.1 Å². The Labute approximate surface area is 130 Å². The average molecular weight is 305 g/mol. The Bertz CT molecular complexity index is 653. The molecule has 7 heteroatoms. The van der Waals surface area contributed by atoms with Crippen molar-refractivity contribution in [1.29, 1.82) is 0 Å². The van der Waals surface area contributed by atoms with E-state index in [1.54, 1.807) is 10.9 Å². The van der Waals surface area contributed by atoms with E-state index in [9.17, 15) is 4.79 Å². The molecule has 2 heterocycles. The molecule has 0 aliphatic heterocycles. The number of aromatic nitrogens is 4. The van der Waals surface area contributed by atoms with Gasteiger partial charge in [-0.05, 0) is 12.8 Å². The number of aryl methyl sites for hydroxylation is 2. The second-order valence-electron chi connectivity index (χ2n) is 5.25. The zero-order chi connectivity index (χ0) is 16.1. The lowest BCUT2D eigenvalue weighted by atomic mass is 10.1. The fourth-order valence-corrected chi connectivity index (χ4v) is 2.36. The zero-order valence-electron chi connectivity index (χ0n) is 13.6. The number of nitrogens with zero attached hydrogens (tertiary/aromatic N) is 4. The molecule has 0 amide bonds. The molecule has 0 saturated carbocycles. The summed E-state index contributed by atoms with van der Waals surface area (Å²) in [6, 6.07) is -0.414. The number of esters is 1. The maximum absolute atomic E-state index is 11.9. The standard InChI is InChI=1S/C15H23N5O2/c1-5-7-11(15(21)22-4)17-13-10-9-16-20(3)14(10)19-12(18-13)8-6-2/h9,11H,5-8H2,1-4H3,(H,17,18,19)/t11-/m1/s1. The monoisotopic (exact) mass is 305 g/mol. The highest BCUT2D eigenvalue weighted by molar-refractivity contribution is 5.89. The van der Waals surface area contributed by atoms with E-state index < -0.39 is 6.04 Å². The summed E-state index contributed by atoms with van der Waals surface area (Å²) in [6.07, 6.45) is 5.01. The van der Waals surface area contributed by atoms with Crippen molar-refractivity contribution in [2.75, 3.05) is 12.4 Å². The van der Waals surface area contributed by atoms with E-state index in [0.29, 0.717) is 12.2 Å². The number of methoxy groups -OCH3 is 1. The summed E-state index contributed by atoms with van der Waals surface area (Å²) >= 11 is 0. The lowest BCUT2D eigenvalue weighted by Crippen LogP contribution is -2.31. The molecular weight excluding hydrogens is 282 g/mol. The van der Waals surface area contributed by atoms with Crippen LogP contribution in [0.4, 0.5) is 5.82 Å². The molecule has 0 aliphatic carbocycles. The molecule has 7 nitrogen and oxygen atoms in total. The van der Waals surface area contributed by atoms with Crippen LogP contribution in [0.5, 0.6) is 0 Å². The molecule has 0 unspecified atom stereocenters. The van der Waals surface area contributed by atoms with Crippen LogP contribution in [0.15, 0.2) is 6.20 Å². The van der Waals surface area contributed by atoms with Crippen molar-refractivity contribution in [1.82, 2.24) is 19.7 Å². The molecule has 0 bridgehead atoms. The third kappa shape index (κ3) is 3.35. The van der Waals surface area contributed by atoms with Crippen LogP contribution in [0, 0.1) is 0 Å². The van der Waals surface area contributed by atoms with Crippen molar-refractivity contribution in [2.24, 2.45) is 7.05 Å². The van der Waals surface area contributed by atoms with E-state index in [1.165, 1.54) is 7.11 Å². The first-order valence-corrected chi connectivity index (χ1v) is 7.63. The number of ether oxygens (including phenoxy) is 1. The van der Waals surface area contributed by atoms with Gasteiger partial charge in [0.15, 0.2) is 5.65 Å². The number of carbonyl (C=O) groups is 1. The van der Waals surface area contributed by atoms with E-state index in [-0.39, 0.29) is 5.97 Å². The van der Waals surface area contributed by atoms with Crippen LogP contribution < -0.4 is 5.32 Å². The molecule has 2 aromatic heterocycles. The first-order chi connectivity index (χ1) is 10.6. The maximum Gasteiger partial charge on any atom is 0.328 e. The van der Waals surface area contributed by atoms with E-state index in [2.05, 4.69) is 27.3 Å². The molecule has 120 valence electrons. The minimum Gasteiger partial charge on any atom is -0.467 e. The molecular formula is C15H23N5O2. The quantitative estimate of drug-likeness (QED) is 0.789. The Morgan fingerprint density at radius 2 is 2.14 bits per heavy atom. The van der Waals surface area contributed by atoms with Crippen LogP contribution in [0.25, 0.3) is 11.0 Å². The van der Waals surface area contributed by atoms with Crippen LogP contribution in [0.3, 0.4) is 0 Å². The first kappa shape index (κ1) is 16.2. The number of rotatable bonds is 7. The molecule has 22 heavy (non-hydrogen) atoms. The van der Waals surface area contributed by atoms with Gasteiger partial charge >= 0.3 is 5.97 Å². The van der Waals surface area contributed by atoms with Crippen LogP contribution in [-0.4, -0.2) is 38.9 Å². The Morgan fingerprint density at radius 1 is 1.36 bits per heavy atom. The number of fused-ring (bicyclic) bond motifs is 1. The molecule has 2 rings (SSSR count). The van der Waals surface area contributed by atoms with Gasteiger partial charge in [-0.3, -0.25) is 4.68 Å². The minimum absolute atomic E-state index is 0.283. The third-order valence-electron chi connectivity index (χ3n) is 3.49. The summed E-state index contributed by atoms with van der Waals surface area (Å²) in [5.41, 5.74) is 0.765. The molecule has 0 aromatic carbocycles. The number of hydrogen-bond acceptors (Lipinski definition) is 6. The minimum atomic E-state index is -0.414. The normalized spacial score (nSPS) is 12.4. The number of nitrogens with one attached hydrogen (secondary N) is 1. The summed E-state index contributed by atoms with van der Waals surface area (Å²) in [5, 5.41) is 8.25. The summed E-state index contributed by atoms with van der Waals surface area (Å²) in [7, 11) is 3.24. The topological polar surface area (TPSA) is 81.9 Å². The first-order valence-electron chi connectivity index (χ1n) is 7.63. The van der Waals surface area contributed by atoms with E-state index in [1.807, 2.05) is 14.0 Å². The van der Waals surface area contributed by atoms with Crippen molar-refractivity contribution in [3.8, 4) is 0 Å². The van der Waals surface area contributed by atoms with Gasteiger partial charge in [0.2, 0.25) is 0 Å². The smallest absolute Gasteiger partial charge is 0.328 e. The highest BCUT2D eigenvalue weighted by Crippen LogP contribution is 2.21. The fourth-order valence-electron chi connectivity index (χ4n) is 2.36. The molecule has 0 radical (unpaired) electrons. The molecule has 1 atom stereocenters. The second kappa shape index (κ2) is 7.20. The van der Waals surface area contributed by atoms with Crippen molar-refractivity contribution in [2.45, 2.75) is 45.6 Å². The summed E-state index contributed by atoms with van der Waals surface area (Å²) in [4.78, 5) is 21.0. The van der Waals surface area contributed by atoms with Crippen LogP contribution in [0.1, 0.15) is 38.9 Å². The molecule has 0 fully saturated rings. The summed E-state index contributed by atoms with van der Waals surface area (Å²) in [6.45, 7) is 4.11. The van der Waals surface area contributed by atoms with Gasteiger partial charge in [0.25, 0.3) is 0 Å². The molecule has 1 N–H and O–H groups in total. The number of anilines is 1. The number of hydrogen-bond donors (Lipinski definition) is 1. The van der Waals surface area contributed by atoms with E-state index >= 15 is 0 Å². The van der Waals surface area contributed by atoms with Crippen molar-refractivity contribution >= 4 is 22.8 Å². The van der Waals surface area contributed by atoms with Crippen molar-refractivity contribution in [3.63, 3.8) is 0 Å². The third-order valence-corrected chi connectivity index (χ3v) is 3.49. The predicted molar refractivity (Wildman–Crippen MR) is 84.6 cm³/mol. The van der Waals surface area contributed by atoms with Gasteiger partial charge in [0.05, 0.1) is 18.7 Å². The van der Waals surface area contributed by atoms with Gasteiger partial charge in [-0.2, -0.15) is 5.10 Å². The molecule has 0 aliphatic rings. The Balaban J connectivity index is 2.41. The van der Waals surface area contributed by atoms with Gasteiger partial charge in [0.1, 0.15) is 17.7 Å². The second-order valence-corrected chi connectivity index (χ2v) is 5.25. The molecule has 0 saturated heterocycles. The SMILES string of the molecule is CCCc1nc(N[C@H](CCC)C(=O)OC)c2cnn(C)c2n1. The van der Waals surface area contributed by atoms with Crippen LogP contribution >= 0.6 is 0 Å². The summed E-state index contributed by atoms with van der Waals surface area (Å²) < 4.78 is 6.58. The van der Waals surface area contributed by atoms with E-state index in [4.69, 9.17) is 4.74 Å². The lowest BCUT2D eigenvalue weighted by Gasteiger charge is -2.17. The predicted octanol–water partition coefficient (Wildman–Crippen LogP) is 2.07. The van der Waals surface area contributed by atoms with Gasteiger partial charge in [-0.15, -0.1) is 0 Å².